The van der Waals surface area contributed by atoms with Gasteiger partial charge in [0.05, 0.1) is 18.1 Å². The molecule has 3 heteroatoms. The third kappa shape index (κ3) is 3.38. The van der Waals surface area contributed by atoms with Gasteiger partial charge in [0, 0.05) is 13.2 Å². The molecular formula is C16H29N3. The van der Waals surface area contributed by atoms with Gasteiger partial charge in [0.15, 0.2) is 0 Å². The van der Waals surface area contributed by atoms with Gasteiger partial charge in [-0.1, -0.05) is 27.2 Å². The summed E-state index contributed by atoms with van der Waals surface area (Å²) in [5, 5.41) is 3.76. The third-order valence-electron chi connectivity index (χ3n) is 4.90. The molecule has 1 aliphatic rings. The molecule has 2 rings (SSSR count). The van der Waals surface area contributed by atoms with Gasteiger partial charge in [-0.25, -0.2) is 4.98 Å². The number of hydrogen-bond acceptors (Lipinski definition) is 2. The summed E-state index contributed by atoms with van der Waals surface area (Å²) in [6.45, 7) is 8.14. The highest BCUT2D eigenvalue weighted by atomic mass is 15.1. The zero-order chi connectivity index (χ0) is 13.8. The summed E-state index contributed by atoms with van der Waals surface area (Å²) in [5.74, 6) is 2.49. The zero-order valence-electron chi connectivity index (χ0n) is 12.9. The highest BCUT2D eigenvalue weighted by Gasteiger charge is 2.31. The Bertz CT molecular complexity index is 385. The van der Waals surface area contributed by atoms with Gasteiger partial charge in [-0.3, -0.25) is 0 Å². The van der Waals surface area contributed by atoms with Crippen LogP contribution in [0.1, 0.15) is 58.2 Å². The molecule has 1 heterocycles. The van der Waals surface area contributed by atoms with E-state index in [9.17, 15) is 0 Å². The molecular weight excluding hydrogens is 234 g/mol. The van der Waals surface area contributed by atoms with E-state index in [1.807, 2.05) is 12.5 Å². The van der Waals surface area contributed by atoms with E-state index < -0.39 is 0 Å². The summed E-state index contributed by atoms with van der Waals surface area (Å²) in [4.78, 5) is 4.30. The van der Waals surface area contributed by atoms with E-state index in [4.69, 9.17) is 0 Å². The average Bonchev–Trinajstić information content (AvgIpc) is 2.80. The van der Waals surface area contributed by atoms with Crippen molar-refractivity contribution < 1.29 is 0 Å². The summed E-state index contributed by atoms with van der Waals surface area (Å²) in [5.41, 5.74) is 1.35. The van der Waals surface area contributed by atoms with Crippen LogP contribution >= 0.6 is 0 Å². The van der Waals surface area contributed by atoms with Crippen LogP contribution in [0, 0.1) is 17.8 Å². The van der Waals surface area contributed by atoms with Crippen molar-refractivity contribution in [1.82, 2.24) is 14.9 Å². The minimum Gasteiger partial charge on any atom is -0.336 e. The lowest BCUT2D eigenvalue weighted by atomic mass is 9.72. The molecule has 1 N–H and O–H groups in total. The van der Waals surface area contributed by atoms with Crippen LogP contribution in [0.2, 0.25) is 0 Å². The number of aryl methyl sites for hydroxylation is 1. The highest BCUT2D eigenvalue weighted by Crippen LogP contribution is 2.39. The SMILES string of the molecule is CCCNC(c1cncn1C)C1CCC(C)C(C)C1. The zero-order valence-corrected chi connectivity index (χ0v) is 12.9. The molecule has 0 spiro atoms. The van der Waals surface area contributed by atoms with Crippen LogP contribution in [0.5, 0.6) is 0 Å². The van der Waals surface area contributed by atoms with E-state index in [1.54, 1.807) is 0 Å². The summed E-state index contributed by atoms with van der Waals surface area (Å²) >= 11 is 0. The lowest BCUT2D eigenvalue weighted by molar-refractivity contribution is 0.168. The minimum absolute atomic E-state index is 0.474. The van der Waals surface area contributed by atoms with Crippen LogP contribution in [0.25, 0.3) is 0 Å². The summed E-state index contributed by atoms with van der Waals surface area (Å²) in [6.07, 6.45) is 9.20. The molecule has 0 radical (unpaired) electrons. The first kappa shape index (κ1) is 14.6. The molecule has 1 saturated carbocycles. The smallest absolute Gasteiger partial charge is 0.0946 e. The Morgan fingerprint density at radius 3 is 2.74 bits per heavy atom. The van der Waals surface area contributed by atoms with Crippen molar-refractivity contribution in [3.8, 4) is 0 Å². The van der Waals surface area contributed by atoms with E-state index in [1.165, 1.54) is 31.4 Å². The first-order valence-corrected chi connectivity index (χ1v) is 7.83. The molecule has 0 bridgehead atoms. The maximum Gasteiger partial charge on any atom is 0.0946 e. The van der Waals surface area contributed by atoms with Crippen molar-refractivity contribution in [2.45, 2.75) is 52.5 Å². The van der Waals surface area contributed by atoms with E-state index in [0.29, 0.717) is 6.04 Å². The van der Waals surface area contributed by atoms with Gasteiger partial charge in [0.2, 0.25) is 0 Å². The summed E-state index contributed by atoms with van der Waals surface area (Å²) < 4.78 is 2.18. The molecule has 1 aliphatic carbocycles. The second-order valence-corrected chi connectivity index (χ2v) is 6.39. The van der Waals surface area contributed by atoms with Gasteiger partial charge in [-0.15, -0.1) is 0 Å². The van der Waals surface area contributed by atoms with Crippen LogP contribution in [0.3, 0.4) is 0 Å². The predicted molar refractivity (Wildman–Crippen MR) is 79.9 cm³/mol. The van der Waals surface area contributed by atoms with E-state index >= 15 is 0 Å². The van der Waals surface area contributed by atoms with Gasteiger partial charge in [-0.2, -0.15) is 0 Å². The Morgan fingerprint density at radius 2 is 2.16 bits per heavy atom. The van der Waals surface area contributed by atoms with Crippen LogP contribution in [-0.2, 0) is 7.05 Å². The van der Waals surface area contributed by atoms with Gasteiger partial charge in [0.25, 0.3) is 0 Å². The van der Waals surface area contributed by atoms with Crippen LogP contribution in [0.4, 0.5) is 0 Å². The number of imidazole rings is 1. The van der Waals surface area contributed by atoms with Crippen molar-refractivity contribution in [1.29, 1.82) is 0 Å². The van der Waals surface area contributed by atoms with Crippen molar-refractivity contribution >= 4 is 0 Å². The number of rotatable bonds is 5. The van der Waals surface area contributed by atoms with Crippen molar-refractivity contribution in [2.24, 2.45) is 24.8 Å². The van der Waals surface area contributed by atoms with Gasteiger partial charge < -0.3 is 9.88 Å². The van der Waals surface area contributed by atoms with Crippen molar-refractivity contribution in [2.75, 3.05) is 6.54 Å². The molecule has 1 aromatic heterocycles. The van der Waals surface area contributed by atoms with Crippen LogP contribution in [-0.4, -0.2) is 16.1 Å². The number of nitrogens with zero attached hydrogens (tertiary/aromatic N) is 2. The van der Waals surface area contributed by atoms with Gasteiger partial charge in [0.1, 0.15) is 0 Å². The number of nitrogens with one attached hydrogen (secondary N) is 1. The third-order valence-corrected chi connectivity index (χ3v) is 4.90. The number of aromatic nitrogens is 2. The van der Waals surface area contributed by atoms with Crippen LogP contribution < -0.4 is 5.32 Å². The Labute approximate surface area is 117 Å². The molecule has 0 aromatic carbocycles. The summed E-state index contributed by atoms with van der Waals surface area (Å²) in [6, 6.07) is 0.474. The Hall–Kier alpha value is -0.830. The van der Waals surface area contributed by atoms with E-state index in [-0.39, 0.29) is 0 Å². The molecule has 4 unspecified atom stereocenters. The van der Waals surface area contributed by atoms with Gasteiger partial charge >= 0.3 is 0 Å². The molecule has 1 fully saturated rings. The molecule has 0 saturated heterocycles. The van der Waals surface area contributed by atoms with Crippen molar-refractivity contribution in [3.63, 3.8) is 0 Å². The topological polar surface area (TPSA) is 29.9 Å². The Morgan fingerprint density at radius 1 is 1.37 bits per heavy atom. The number of hydrogen-bond donors (Lipinski definition) is 1. The largest absolute Gasteiger partial charge is 0.336 e. The second-order valence-electron chi connectivity index (χ2n) is 6.39. The molecule has 0 aliphatic heterocycles. The standard InChI is InChI=1S/C16H29N3/c1-5-8-18-16(15-10-17-11-19(15)4)14-7-6-12(2)13(3)9-14/h10-14,16,18H,5-9H2,1-4H3. The molecule has 19 heavy (non-hydrogen) atoms. The first-order chi connectivity index (χ1) is 9.13. The summed E-state index contributed by atoms with van der Waals surface area (Å²) in [7, 11) is 2.11. The van der Waals surface area contributed by atoms with Crippen molar-refractivity contribution in [3.05, 3.63) is 18.2 Å². The minimum atomic E-state index is 0.474. The monoisotopic (exact) mass is 263 g/mol. The van der Waals surface area contributed by atoms with E-state index in [0.717, 1.165) is 24.3 Å². The molecule has 1 aromatic rings. The maximum absolute atomic E-state index is 4.30. The molecule has 0 amide bonds. The molecule has 3 nitrogen and oxygen atoms in total. The molecule has 4 atom stereocenters. The highest BCUT2D eigenvalue weighted by molar-refractivity contribution is 5.07. The Balaban J connectivity index is 2.11. The maximum atomic E-state index is 4.30. The first-order valence-electron chi connectivity index (χ1n) is 7.83. The lowest BCUT2D eigenvalue weighted by Gasteiger charge is -2.37. The van der Waals surface area contributed by atoms with Gasteiger partial charge in [-0.05, 0) is 43.6 Å². The fourth-order valence-electron chi connectivity index (χ4n) is 3.37. The van der Waals surface area contributed by atoms with Crippen LogP contribution in [0.15, 0.2) is 12.5 Å². The van der Waals surface area contributed by atoms with E-state index in [2.05, 4.69) is 42.7 Å². The lowest BCUT2D eigenvalue weighted by Crippen LogP contribution is -2.34. The average molecular weight is 263 g/mol. The quantitative estimate of drug-likeness (QED) is 0.880. The fourth-order valence-corrected chi connectivity index (χ4v) is 3.37. The normalized spacial score (nSPS) is 29.4. The molecule has 108 valence electrons. The fraction of sp³-hybridized carbons (Fsp3) is 0.812. The Kier molecular flexibility index (Phi) is 5.03. The second kappa shape index (κ2) is 6.56. The predicted octanol–water partition coefficient (Wildman–Crippen LogP) is 3.53.